The zero-order valence-corrected chi connectivity index (χ0v) is 11.1. The Bertz CT molecular complexity index is 562. The molecule has 0 unspecified atom stereocenters. The number of rotatable bonds is 2. The zero-order valence-electron chi connectivity index (χ0n) is 11.1. The van der Waals surface area contributed by atoms with Crippen molar-refractivity contribution < 1.29 is 4.74 Å². The summed E-state index contributed by atoms with van der Waals surface area (Å²) in [5.41, 5.74) is 10.2. The molecule has 1 aliphatic carbocycles. The van der Waals surface area contributed by atoms with Crippen LogP contribution in [0.4, 0.5) is 0 Å². The Hall–Kier alpha value is -1.80. The first kappa shape index (κ1) is 12.2. The quantitative estimate of drug-likeness (QED) is 0.890. The van der Waals surface area contributed by atoms with E-state index in [1.807, 2.05) is 12.1 Å². The van der Waals surface area contributed by atoms with Gasteiger partial charge in [0.15, 0.2) is 0 Å². The van der Waals surface area contributed by atoms with Crippen LogP contribution in [0.3, 0.4) is 0 Å². The molecule has 0 heterocycles. The molecule has 1 atom stereocenters. The Kier molecular flexibility index (Phi) is 3.26. The van der Waals surface area contributed by atoms with Gasteiger partial charge in [-0.1, -0.05) is 36.4 Å². The van der Waals surface area contributed by atoms with E-state index < -0.39 is 0 Å². The van der Waals surface area contributed by atoms with Gasteiger partial charge < -0.3 is 10.5 Å². The topological polar surface area (TPSA) is 35.2 Å². The smallest absolute Gasteiger partial charge is 0.118 e. The van der Waals surface area contributed by atoms with E-state index in [0.717, 1.165) is 24.6 Å². The van der Waals surface area contributed by atoms with E-state index in [1.54, 1.807) is 7.11 Å². The second-order valence-corrected chi connectivity index (χ2v) is 4.98. The van der Waals surface area contributed by atoms with Crippen LogP contribution in [-0.2, 0) is 6.42 Å². The Balaban J connectivity index is 1.90. The summed E-state index contributed by atoms with van der Waals surface area (Å²) in [7, 11) is 1.69. The third kappa shape index (κ3) is 2.24. The highest BCUT2D eigenvalue weighted by atomic mass is 16.5. The second-order valence-electron chi connectivity index (χ2n) is 4.98. The first-order valence-electron chi connectivity index (χ1n) is 6.64. The van der Waals surface area contributed by atoms with Crippen molar-refractivity contribution in [3.63, 3.8) is 0 Å². The molecule has 19 heavy (non-hydrogen) atoms. The van der Waals surface area contributed by atoms with Crippen molar-refractivity contribution in [3.05, 3.63) is 71.3 Å². The second kappa shape index (κ2) is 5.06. The van der Waals surface area contributed by atoms with Gasteiger partial charge >= 0.3 is 0 Å². The monoisotopic (exact) mass is 252 g/mol. The average molecular weight is 252 g/mol. The zero-order chi connectivity index (χ0) is 13.2. The van der Waals surface area contributed by atoms with Gasteiger partial charge in [-0.05, 0) is 41.7 Å². The SMILES string of the molecule is COc1ccc([C@H]2CCc3ccccc3[C]2N)cc1. The van der Waals surface area contributed by atoms with Crippen molar-refractivity contribution >= 4 is 0 Å². The molecule has 0 fully saturated rings. The molecule has 0 bridgehead atoms. The largest absolute Gasteiger partial charge is 0.497 e. The summed E-state index contributed by atoms with van der Waals surface area (Å²) in [5.74, 6) is 1.21. The van der Waals surface area contributed by atoms with Crippen LogP contribution < -0.4 is 10.5 Å². The molecule has 2 heteroatoms. The lowest BCUT2D eigenvalue weighted by Gasteiger charge is -2.30. The molecule has 1 radical (unpaired) electrons. The van der Waals surface area contributed by atoms with Gasteiger partial charge in [0.1, 0.15) is 5.75 Å². The number of nitrogens with two attached hydrogens (primary N) is 1. The van der Waals surface area contributed by atoms with Crippen molar-refractivity contribution in [3.8, 4) is 5.75 Å². The number of methoxy groups -OCH3 is 1. The first-order valence-corrected chi connectivity index (χ1v) is 6.64. The van der Waals surface area contributed by atoms with Crippen molar-refractivity contribution in [2.45, 2.75) is 18.8 Å². The summed E-state index contributed by atoms with van der Waals surface area (Å²) >= 11 is 0. The molecule has 0 aliphatic heterocycles. The molecule has 97 valence electrons. The molecule has 3 rings (SSSR count). The highest BCUT2D eigenvalue weighted by Gasteiger charge is 2.28. The van der Waals surface area contributed by atoms with Crippen molar-refractivity contribution in [2.24, 2.45) is 5.73 Å². The molecule has 0 saturated carbocycles. The minimum Gasteiger partial charge on any atom is -0.497 e. The maximum atomic E-state index is 6.38. The van der Waals surface area contributed by atoms with Gasteiger partial charge in [-0.3, -0.25) is 0 Å². The van der Waals surface area contributed by atoms with Crippen LogP contribution in [0.15, 0.2) is 48.5 Å². The van der Waals surface area contributed by atoms with Gasteiger partial charge in [-0.15, -0.1) is 0 Å². The number of hydrogen-bond donors (Lipinski definition) is 1. The maximum Gasteiger partial charge on any atom is 0.118 e. The number of fused-ring (bicyclic) bond motifs is 1. The van der Waals surface area contributed by atoms with Crippen LogP contribution in [0, 0.1) is 6.04 Å². The fraction of sp³-hybridized carbons (Fsp3) is 0.235. The molecule has 2 nitrogen and oxygen atoms in total. The first-order chi connectivity index (χ1) is 9.29. The van der Waals surface area contributed by atoms with Gasteiger partial charge in [-0.25, -0.2) is 0 Å². The Morgan fingerprint density at radius 1 is 1.05 bits per heavy atom. The third-order valence-electron chi connectivity index (χ3n) is 3.92. The standard InChI is InChI=1S/C17H18NO/c1-19-14-9-6-13(7-10-14)16-11-8-12-4-2-3-5-15(12)17(16)18/h2-7,9-10,16H,8,11,18H2,1H3/t16-/m1/s1. The predicted octanol–water partition coefficient (Wildman–Crippen LogP) is 3.26. The molecule has 0 saturated heterocycles. The minimum absolute atomic E-state index is 0.320. The van der Waals surface area contributed by atoms with E-state index in [-0.39, 0.29) is 0 Å². The van der Waals surface area contributed by atoms with Gasteiger partial charge in [0, 0.05) is 5.92 Å². The summed E-state index contributed by atoms with van der Waals surface area (Å²) in [6.07, 6.45) is 2.17. The normalized spacial score (nSPS) is 18.9. The number of ether oxygens (including phenoxy) is 1. The summed E-state index contributed by atoms with van der Waals surface area (Å²) in [4.78, 5) is 0. The van der Waals surface area contributed by atoms with Crippen LogP contribution in [0.25, 0.3) is 0 Å². The molecule has 2 aromatic carbocycles. The van der Waals surface area contributed by atoms with Crippen LogP contribution in [-0.4, -0.2) is 7.11 Å². The summed E-state index contributed by atoms with van der Waals surface area (Å²) in [6, 6.07) is 17.7. The molecule has 1 aliphatic rings. The van der Waals surface area contributed by atoms with Gasteiger partial charge in [0.2, 0.25) is 0 Å². The van der Waals surface area contributed by atoms with Gasteiger partial charge in [-0.2, -0.15) is 0 Å². The van der Waals surface area contributed by atoms with Crippen LogP contribution in [0.2, 0.25) is 0 Å². The van der Waals surface area contributed by atoms with E-state index in [2.05, 4.69) is 36.4 Å². The fourth-order valence-corrected chi connectivity index (χ4v) is 2.85. The maximum absolute atomic E-state index is 6.38. The molecule has 2 N–H and O–H groups in total. The highest BCUT2D eigenvalue weighted by molar-refractivity contribution is 5.46. The number of aryl methyl sites for hydroxylation is 1. The highest BCUT2D eigenvalue weighted by Crippen LogP contribution is 2.38. The van der Waals surface area contributed by atoms with Crippen molar-refractivity contribution in [1.29, 1.82) is 0 Å². The summed E-state index contributed by atoms with van der Waals surface area (Å²) in [5, 5.41) is 0. The molecule has 0 spiro atoms. The summed E-state index contributed by atoms with van der Waals surface area (Å²) < 4.78 is 5.20. The third-order valence-corrected chi connectivity index (χ3v) is 3.92. The molecular weight excluding hydrogens is 234 g/mol. The lowest BCUT2D eigenvalue weighted by atomic mass is 9.77. The Labute approximate surface area is 114 Å². The van der Waals surface area contributed by atoms with Crippen LogP contribution in [0.5, 0.6) is 5.75 Å². The Morgan fingerprint density at radius 3 is 2.53 bits per heavy atom. The number of benzene rings is 2. The number of hydrogen-bond acceptors (Lipinski definition) is 2. The fourth-order valence-electron chi connectivity index (χ4n) is 2.85. The molecule has 0 aromatic heterocycles. The van der Waals surface area contributed by atoms with Gasteiger partial charge in [0.25, 0.3) is 0 Å². The minimum atomic E-state index is 0.320. The van der Waals surface area contributed by atoms with Gasteiger partial charge in [0.05, 0.1) is 13.2 Å². The molecule has 0 amide bonds. The molecule has 2 aromatic rings. The van der Waals surface area contributed by atoms with E-state index in [9.17, 15) is 0 Å². The Morgan fingerprint density at radius 2 is 1.79 bits per heavy atom. The van der Waals surface area contributed by atoms with E-state index in [0.29, 0.717) is 5.92 Å². The van der Waals surface area contributed by atoms with Crippen LogP contribution in [0.1, 0.15) is 29.0 Å². The van der Waals surface area contributed by atoms with Crippen molar-refractivity contribution in [1.82, 2.24) is 0 Å². The molecular formula is C17H18NO. The summed E-state index contributed by atoms with van der Waals surface area (Å²) in [6.45, 7) is 0. The predicted molar refractivity (Wildman–Crippen MR) is 77.0 cm³/mol. The van der Waals surface area contributed by atoms with E-state index >= 15 is 0 Å². The lowest BCUT2D eigenvalue weighted by molar-refractivity contribution is 0.414. The van der Waals surface area contributed by atoms with Crippen molar-refractivity contribution in [2.75, 3.05) is 7.11 Å². The van der Waals surface area contributed by atoms with E-state index in [4.69, 9.17) is 10.5 Å². The average Bonchev–Trinajstić information content (AvgIpc) is 2.48. The van der Waals surface area contributed by atoms with E-state index in [1.165, 1.54) is 16.7 Å². The van der Waals surface area contributed by atoms with Crippen LogP contribution >= 0.6 is 0 Å². The lowest BCUT2D eigenvalue weighted by Crippen LogP contribution is -2.26.